The van der Waals surface area contributed by atoms with Crippen molar-refractivity contribution in [2.24, 2.45) is 0 Å². The van der Waals surface area contributed by atoms with Gasteiger partial charge in [0.25, 0.3) is 0 Å². The molecule has 2 heterocycles. The lowest BCUT2D eigenvalue weighted by atomic mass is 10.2. The number of rotatable bonds is 8. The van der Waals surface area contributed by atoms with E-state index in [1.54, 1.807) is 26.2 Å². The zero-order valence-corrected chi connectivity index (χ0v) is 18.8. The minimum Gasteiger partial charge on any atom is -0.497 e. The molecule has 7 nitrogen and oxygen atoms in total. The van der Waals surface area contributed by atoms with E-state index in [1.165, 1.54) is 23.9 Å². The van der Waals surface area contributed by atoms with Crippen LogP contribution < -0.4 is 10.1 Å². The molecule has 1 saturated heterocycles. The van der Waals surface area contributed by atoms with Gasteiger partial charge in [-0.05, 0) is 62.2 Å². The van der Waals surface area contributed by atoms with E-state index in [2.05, 4.69) is 15.5 Å². The summed E-state index contributed by atoms with van der Waals surface area (Å²) in [7, 11) is 1.62. The summed E-state index contributed by atoms with van der Waals surface area (Å²) in [5, 5.41) is 11.7. The highest BCUT2D eigenvalue weighted by Crippen LogP contribution is 2.30. The van der Waals surface area contributed by atoms with E-state index in [0.29, 0.717) is 23.2 Å². The summed E-state index contributed by atoms with van der Waals surface area (Å²) in [5.41, 5.74) is 1.32. The van der Waals surface area contributed by atoms with Gasteiger partial charge in [-0.1, -0.05) is 17.8 Å². The van der Waals surface area contributed by atoms with Crippen LogP contribution in [0.2, 0.25) is 0 Å². The number of amides is 1. The molecule has 0 saturated carbocycles. The molecule has 1 aromatic heterocycles. The quantitative estimate of drug-likeness (QED) is 0.507. The minimum atomic E-state index is -0.463. The molecule has 32 heavy (non-hydrogen) atoms. The standard InChI is InChI=1S/C23H25FN4O3S/c1-15(22(29)25-18-6-3-5-17(24)13-18)32-23-27-26-21(16-8-10-19(30-2)11-9-16)28(23)14-20-7-4-12-31-20/h3,5-6,8-11,13,15,20H,4,7,12,14H2,1-2H3,(H,25,29). The first kappa shape index (κ1) is 22.3. The Kier molecular flexibility index (Phi) is 7.06. The van der Waals surface area contributed by atoms with Crippen LogP contribution in [0.25, 0.3) is 11.4 Å². The Morgan fingerprint density at radius 1 is 1.31 bits per heavy atom. The van der Waals surface area contributed by atoms with Crippen LogP contribution in [-0.4, -0.2) is 45.7 Å². The van der Waals surface area contributed by atoms with E-state index in [1.807, 2.05) is 28.8 Å². The summed E-state index contributed by atoms with van der Waals surface area (Å²) < 4.78 is 26.5. The zero-order valence-electron chi connectivity index (χ0n) is 18.0. The summed E-state index contributed by atoms with van der Waals surface area (Å²) >= 11 is 1.31. The van der Waals surface area contributed by atoms with Crippen molar-refractivity contribution in [3.63, 3.8) is 0 Å². The molecule has 3 aromatic rings. The first-order valence-corrected chi connectivity index (χ1v) is 11.3. The topological polar surface area (TPSA) is 78.3 Å². The number of nitrogens with zero attached hydrogens (tertiary/aromatic N) is 3. The van der Waals surface area contributed by atoms with E-state index < -0.39 is 11.1 Å². The van der Waals surface area contributed by atoms with Gasteiger partial charge in [0.1, 0.15) is 11.6 Å². The Balaban J connectivity index is 1.55. The molecule has 2 atom stereocenters. The SMILES string of the molecule is COc1ccc(-c2nnc(SC(C)C(=O)Nc3cccc(F)c3)n2CC2CCCO2)cc1. The van der Waals surface area contributed by atoms with E-state index in [9.17, 15) is 9.18 Å². The molecule has 1 fully saturated rings. The highest BCUT2D eigenvalue weighted by molar-refractivity contribution is 8.00. The summed E-state index contributed by atoms with van der Waals surface area (Å²) in [6.07, 6.45) is 2.08. The highest BCUT2D eigenvalue weighted by atomic mass is 32.2. The summed E-state index contributed by atoms with van der Waals surface area (Å²) in [6.45, 7) is 3.14. The average molecular weight is 457 g/mol. The van der Waals surface area contributed by atoms with E-state index in [-0.39, 0.29) is 12.0 Å². The van der Waals surface area contributed by atoms with Crippen molar-refractivity contribution in [2.75, 3.05) is 19.0 Å². The maximum atomic E-state index is 13.4. The number of hydrogen-bond acceptors (Lipinski definition) is 6. The van der Waals surface area contributed by atoms with Crippen LogP contribution in [-0.2, 0) is 16.1 Å². The molecule has 0 radical (unpaired) electrons. The lowest BCUT2D eigenvalue weighted by molar-refractivity contribution is -0.115. The third-order valence-corrected chi connectivity index (χ3v) is 6.30. The highest BCUT2D eigenvalue weighted by Gasteiger charge is 2.24. The fourth-order valence-corrected chi connectivity index (χ4v) is 4.37. The van der Waals surface area contributed by atoms with Crippen molar-refractivity contribution in [3.05, 3.63) is 54.3 Å². The largest absolute Gasteiger partial charge is 0.497 e. The third-order valence-electron chi connectivity index (χ3n) is 5.22. The number of carbonyl (C=O) groups is 1. The number of ether oxygens (including phenoxy) is 2. The molecule has 1 aliphatic heterocycles. The zero-order chi connectivity index (χ0) is 22.5. The first-order chi connectivity index (χ1) is 15.5. The number of thioether (sulfide) groups is 1. The van der Waals surface area contributed by atoms with Crippen LogP contribution in [0.5, 0.6) is 5.75 Å². The number of carbonyl (C=O) groups excluding carboxylic acids is 1. The Morgan fingerprint density at radius 2 is 2.12 bits per heavy atom. The predicted molar refractivity (Wildman–Crippen MR) is 121 cm³/mol. The summed E-state index contributed by atoms with van der Waals surface area (Å²) in [4.78, 5) is 12.7. The minimum absolute atomic E-state index is 0.0822. The molecule has 0 aliphatic carbocycles. The van der Waals surface area contributed by atoms with Gasteiger partial charge in [-0.15, -0.1) is 10.2 Å². The maximum Gasteiger partial charge on any atom is 0.237 e. The van der Waals surface area contributed by atoms with Crippen LogP contribution in [0.15, 0.2) is 53.7 Å². The molecular weight excluding hydrogens is 431 g/mol. The van der Waals surface area contributed by atoms with Gasteiger partial charge in [0.2, 0.25) is 5.91 Å². The summed E-state index contributed by atoms with van der Waals surface area (Å²) in [6, 6.07) is 13.5. The van der Waals surface area contributed by atoms with Gasteiger partial charge in [0.15, 0.2) is 11.0 Å². The maximum absolute atomic E-state index is 13.4. The van der Waals surface area contributed by atoms with Crippen molar-refractivity contribution >= 4 is 23.4 Å². The lowest BCUT2D eigenvalue weighted by Crippen LogP contribution is -2.23. The van der Waals surface area contributed by atoms with Crippen LogP contribution in [0.1, 0.15) is 19.8 Å². The van der Waals surface area contributed by atoms with Crippen LogP contribution in [0.3, 0.4) is 0 Å². The molecule has 1 amide bonds. The Hall–Kier alpha value is -2.91. The second-order valence-electron chi connectivity index (χ2n) is 7.54. The normalized spacial score (nSPS) is 16.7. The molecule has 1 N–H and O–H groups in total. The van der Waals surface area contributed by atoms with Gasteiger partial charge >= 0.3 is 0 Å². The number of benzene rings is 2. The predicted octanol–water partition coefficient (Wildman–Crippen LogP) is 4.39. The fourth-order valence-electron chi connectivity index (χ4n) is 3.51. The molecular formula is C23H25FN4O3S. The monoisotopic (exact) mass is 456 g/mol. The molecule has 0 spiro atoms. The molecule has 0 bridgehead atoms. The van der Waals surface area contributed by atoms with Crippen molar-refractivity contribution < 1.29 is 18.7 Å². The van der Waals surface area contributed by atoms with E-state index in [0.717, 1.165) is 30.8 Å². The molecule has 9 heteroatoms. The number of methoxy groups -OCH3 is 1. The molecule has 168 valence electrons. The molecule has 2 aromatic carbocycles. The van der Waals surface area contributed by atoms with Crippen LogP contribution >= 0.6 is 11.8 Å². The Bertz CT molecular complexity index is 1070. The van der Waals surface area contributed by atoms with Gasteiger partial charge in [-0.3, -0.25) is 9.36 Å². The van der Waals surface area contributed by atoms with Gasteiger partial charge in [0, 0.05) is 17.9 Å². The fraction of sp³-hybridized carbons (Fsp3) is 0.348. The number of halogens is 1. The second kappa shape index (κ2) is 10.1. The molecule has 2 unspecified atom stereocenters. The van der Waals surface area contributed by atoms with E-state index in [4.69, 9.17) is 9.47 Å². The van der Waals surface area contributed by atoms with Crippen molar-refractivity contribution in [1.29, 1.82) is 0 Å². The van der Waals surface area contributed by atoms with Crippen LogP contribution in [0.4, 0.5) is 10.1 Å². The van der Waals surface area contributed by atoms with Crippen LogP contribution in [0, 0.1) is 5.82 Å². The number of aromatic nitrogens is 3. The van der Waals surface area contributed by atoms with Crippen molar-refractivity contribution in [3.8, 4) is 17.1 Å². The van der Waals surface area contributed by atoms with Crippen molar-refractivity contribution in [1.82, 2.24) is 14.8 Å². The Labute approximate surface area is 190 Å². The molecule has 4 rings (SSSR count). The van der Waals surface area contributed by atoms with Gasteiger partial charge in [-0.25, -0.2) is 4.39 Å². The number of anilines is 1. The van der Waals surface area contributed by atoms with Gasteiger partial charge in [0.05, 0.1) is 25.0 Å². The number of nitrogens with one attached hydrogen (secondary N) is 1. The Morgan fingerprint density at radius 3 is 2.81 bits per heavy atom. The second-order valence-corrected chi connectivity index (χ2v) is 8.85. The first-order valence-electron chi connectivity index (χ1n) is 10.5. The smallest absolute Gasteiger partial charge is 0.237 e. The summed E-state index contributed by atoms with van der Waals surface area (Å²) in [5.74, 6) is 0.835. The lowest BCUT2D eigenvalue weighted by Gasteiger charge is -2.16. The third kappa shape index (κ3) is 5.28. The van der Waals surface area contributed by atoms with Gasteiger partial charge < -0.3 is 14.8 Å². The average Bonchev–Trinajstić information content (AvgIpc) is 3.44. The van der Waals surface area contributed by atoms with E-state index >= 15 is 0 Å². The van der Waals surface area contributed by atoms with Crippen molar-refractivity contribution in [2.45, 2.75) is 42.8 Å². The number of hydrogen-bond donors (Lipinski definition) is 1. The van der Waals surface area contributed by atoms with Gasteiger partial charge in [-0.2, -0.15) is 0 Å². The molecule has 1 aliphatic rings.